The molecule has 0 saturated heterocycles. The van der Waals surface area contributed by atoms with Crippen molar-refractivity contribution in [3.8, 4) is 5.75 Å². The van der Waals surface area contributed by atoms with E-state index in [2.05, 4.69) is 10.5 Å². The van der Waals surface area contributed by atoms with E-state index in [1.165, 1.54) is 0 Å². The van der Waals surface area contributed by atoms with Gasteiger partial charge in [0.05, 0.1) is 5.69 Å². The van der Waals surface area contributed by atoms with Crippen molar-refractivity contribution in [1.82, 2.24) is 10.5 Å². The Kier molecular flexibility index (Phi) is 3.67. The molecule has 0 bridgehead atoms. The number of aromatic hydroxyl groups is 1. The van der Waals surface area contributed by atoms with Gasteiger partial charge in [0.2, 0.25) is 0 Å². The van der Waals surface area contributed by atoms with Crippen molar-refractivity contribution >= 4 is 0 Å². The van der Waals surface area contributed by atoms with Crippen LogP contribution in [-0.4, -0.2) is 10.3 Å². The fourth-order valence-electron chi connectivity index (χ4n) is 1.89. The van der Waals surface area contributed by atoms with Crippen LogP contribution in [0.25, 0.3) is 0 Å². The maximum absolute atomic E-state index is 9.83. The van der Waals surface area contributed by atoms with Crippen LogP contribution in [0, 0.1) is 13.8 Å². The summed E-state index contributed by atoms with van der Waals surface area (Å²) in [6.07, 6.45) is 0. The summed E-state index contributed by atoms with van der Waals surface area (Å²) >= 11 is 0. The summed E-state index contributed by atoms with van der Waals surface area (Å²) in [5, 5.41) is 17.1. The molecule has 0 radical (unpaired) electrons. The second kappa shape index (κ2) is 5.23. The number of nitrogens with one attached hydrogen (secondary N) is 1. The molecule has 0 saturated carbocycles. The van der Waals surface area contributed by atoms with Gasteiger partial charge in [0.25, 0.3) is 0 Å². The maximum Gasteiger partial charge on any atom is 0.133 e. The monoisotopic (exact) mass is 246 g/mol. The highest BCUT2D eigenvalue weighted by Crippen LogP contribution is 2.25. The second-order valence-corrected chi connectivity index (χ2v) is 4.59. The number of phenolic OH excluding ortho intramolecular Hbond substituents is 1. The lowest BCUT2D eigenvalue weighted by Crippen LogP contribution is -2.18. The quantitative estimate of drug-likeness (QED) is 0.871. The molecule has 1 heterocycles. The van der Waals surface area contributed by atoms with Crippen molar-refractivity contribution in [2.24, 2.45) is 0 Å². The molecule has 1 unspecified atom stereocenters. The Morgan fingerprint density at radius 1 is 1.33 bits per heavy atom. The van der Waals surface area contributed by atoms with Crippen LogP contribution in [0.5, 0.6) is 5.75 Å². The molecule has 96 valence electrons. The third-order valence-electron chi connectivity index (χ3n) is 2.92. The van der Waals surface area contributed by atoms with Gasteiger partial charge in [0.1, 0.15) is 11.5 Å². The molecule has 1 aromatic heterocycles. The fourth-order valence-corrected chi connectivity index (χ4v) is 1.89. The highest BCUT2D eigenvalue weighted by molar-refractivity contribution is 5.37. The van der Waals surface area contributed by atoms with Gasteiger partial charge in [0.15, 0.2) is 0 Å². The number of phenols is 1. The molecule has 18 heavy (non-hydrogen) atoms. The molecule has 0 aliphatic heterocycles. The molecule has 2 N–H and O–H groups in total. The van der Waals surface area contributed by atoms with Crippen molar-refractivity contribution in [1.29, 1.82) is 0 Å². The molecule has 4 nitrogen and oxygen atoms in total. The van der Waals surface area contributed by atoms with E-state index >= 15 is 0 Å². The van der Waals surface area contributed by atoms with Crippen molar-refractivity contribution in [3.63, 3.8) is 0 Å². The SMILES string of the molecule is Cc1ccc(O)c(C(C)NCc2cc(C)on2)c1. The van der Waals surface area contributed by atoms with E-state index in [1.807, 2.05) is 39.0 Å². The fraction of sp³-hybridized carbons (Fsp3) is 0.357. The number of nitrogens with zero attached hydrogens (tertiary/aromatic N) is 1. The average molecular weight is 246 g/mol. The van der Waals surface area contributed by atoms with E-state index in [-0.39, 0.29) is 6.04 Å². The van der Waals surface area contributed by atoms with E-state index in [1.54, 1.807) is 6.07 Å². The summed E-state index contributed by atoms with van der Waals surface area (Å²) in [4.78, 5) is 0. The van der Waals surface area contributed by atoms with Gasteiger partial charge >= 0.3 is 0 Å². The summed E-state index contributed by atoms with van der Waals surface area (Å²) in [6.45, 7) is 6.51. The molecule has 0 spiro atoms. The van der Waals surface area contributed by atoms with E-state index in [4.69, 9.17) is 4.52 Å². The maximum atomic E-state index is 9.83. The molecule has 0 aliphatic carbocycles. The first kappa shape index (κ1) is 12.6. The molecule has 0 fully saturated rings. The largest absolute Gasteiger partial charge is 0.508 e. The van der Waals surface area contributed by atoms with Gasteiger partial charge in [-0.2, -0.15) is 0 Å². The minimum atomic E-state index is 0.0573. The molecule has 1 atom stereocenters. The standard InChI is InChI=1S/C14H18N2O2/c1-9-4-5-14(17)13(6-9)11(3)15-8-12-7-10(2)18-16-12/h4-7,11,15,17H,8H2,1-3H3. The predicted molar refractivity (Wildman–Crippen MR) is 69.3 cm³/mol. The molecular formula is C14H18N2O2. The van der Waals surface area contributed by atoms with Gasteiger partial charge in [-0.05, 0) is 26.8 Å². The Morgan fingerprint density at radius 3 is 2.78 bits per heavy atom. The van der Waals surface area contributed by atoms with Crippen LogP contribution in [0.2, 0.25) is 0 Å². The summed E-state index contributed by atoms with van der Waals surface area (Å²) < 4.78 is 5.01. The van der Waals surface area contributed by atoms with Crippen LogP contribution in [-0.2, 0) is 6.54 Å². The van der Waals surface area contributed by atoms with E-state index in [9.17, 15) is 5.11 Å². The molecule has 0 aliphatic rings. The lowest BCUT2D eigenvalue weighted by molar-refractivity contribution is 0.385. The summed E-state index contributed by atoms with van der Waals surface area (Å²) in [7, 11) is 0. The van der Waals surface area contributed by atoms with E-state index < -0.39 is 0 Å². The van der Waals surface area contributed by atoms with Crippen molar-refractivity contribution < 1.29 is 9.63 Å². The Hall–Kier alpha value is -1.81. The molecule has 2 aromatic rings. The zero-order chi connectivity index (χ0) is 13.1. The Balaban J connectivity index is 2.03. The average Bonchev–Trinajstić information content (AvgIpc) is 2.75. The highest BCUT2D eigenvalue weighted by Gasteiger charge is 2.11. The topological polar surface area (TPSA) is 58.3 Å². The van der Waals surface area contributed by atoms with Gasteiger partial charge in [0, 0.05) is 24.2 Å². The third kappa shape index (κ3) is 2.90. The first-order chi connectivity index (χ1) is 8.56. The predicted octanol–water partition coefficient (Wildman–Crippen LogP) is 2.85. The molecule has 0 amide bonds. The van der Waals surface area contributed by atoms with Crippen LogP contribution in [0.4, 0.5) is 0 Å². The zero-order valence-corrected chi connectivity index (χ0v) is 10.9. The van der Waals surface area contributed by atoms with Gasteiger partial charge in [-0.25, -0.2) is 0 Å². The number of aryl methyl sites for hydroxylation is 2. The van der Waals surface area contributed by atoms with Crippen molar-refractivity contribution in [2.45, 2.75) is 33.4 Å². The van der Waals surface area contributed by atoms with Crippen LogP contribution in [0.1, 0.15) is 35.5 Å². The zero-order valence-electron chi connectivity index (χ0n) is 10.9. The first-order valence-electron chi connectivity index (χ1n) is 6.01. The highest BCUT2D eigenvalue weighted by atomic mass is 16.5. The van der Waals surface area contributed by atoms with E-state index in [0.717, 1.165) is 22.6 Å². The van der Waals surface area contributed by atoms with Gasteiger partial charge < -0.3 is 14.9 Å². The number of aromatic nitrogens is 1. The Labute approximate surface area is 107 Å². The molecule has 1 aromatic carbocycles. The van der Waals surface area contributed by atoms with Crippen LogP contribution < -0.4 is 5.32 Å². The first-order valence-corrected chi connectivity index (χ1v) is 6.01. The Morgan fingerprint density at radius 2 is 2.11 bits per heavy atom. The molecular weight excluding hydrogens is 228 g/mol. The van der Waals surface area contributed by atoms with Gasteiger partial charge in [-0.1, -0.05) is 22.9 Å². The molecule has 4 heteroatoms. The third-order valence-corrected chi connectivity index (χ3v) is 2.92. The van der Waals surface area contributed by atoms with Crippen LogP contribution in [0.15, 0.2) is 28.8 Å². The summed E-state index contributed by atoms with van der Waals surface area (Å²) in [5.74, 6) is 1.12. The number of hydrogen-bond acceptors (Lipinski definition) is 4. The minimum absolute atomic E-state index is 0.0573. The lowest BCUT2D eigenvalue weighted by atomic mass is 10.0. The minimum Gasteiger partial charge on any atom is -0.508 e. The van der Waals surface area contributed by atoms with Crippen LogP contribution >= 0.6 is 0 Å². The van der Waals surface area contributed by atoms with Gasteiger partial charge in [-0.15, -0.1) is 0 Å². The van der Waals surface area contributed by atoms with Gasteiger partial charge in [-0.3, -0.25) is 0 Å². The lowest BCUT2D eigenvalue weighted by Gasteiger charge is -2.15. The second-order valence-electron chi connectivity index (χ2n) is 4.59. The number of rotatable bonds is 4. The number of benzene rings is 1. The Bertz CT molecular complexity index is 534. The summed E-state index contributed by atoms with van der Waals surface area (Å²) in [6, 6.07) is 7.56. The van der Waals surface area contributed by atoms with Crippen molar-refractivity contribution in [2.75, 3.05) is 0 Å². The van der Waals surface area contributed by atoms with Crippen LogP contribution in [0.3, 0.4) is 0 Å². The summed E-state index contributed by atoms with van der Waals surface area (Å²) in [5.41, 5.74) is 2.90. The number of hydrogen-bond donors (Lipinski definition) is 2. The smallest absolute Gasteiger partial charge is 0.133 e. The normalized spacial score (nSPS) is 12.6. The molecule has 2 rings (SSSR count). The van der Waals surface area contributed by atoms with E-state index in [0.29, 0.717) is 12.3 Å². The van der Waals surface area contributed by atoms with Crippen molar-refractivity contribution in [3.05, 3.63) is 46.8 Å².